The molecule has 0 unspecified atom stereocenters. The largest absolute Gasteiger partial charge is 0.432 e. The summed E-state index contributed by atoms with van der Waals surface area (Å²) in [5.41, 5.74) is 0. The van der Waals surface area contributed by atoms with Gasteiger partial charge in [0.1, 0.15) is 5.75 Å². The van der Waals surface area contributed by atoms with E-state index >= 15 is 0 Å². The van der Waals surface area contributed by atoms with Gasteiger partial charge in [-0.2, -0.15) is 0 Å². The molecule has 0 bridgehead atoms. The molecule has 2 rings (SSSR count). The quantitative estimate of drug-likeness (QED) is 0.587. The second kappa shape index (κ2) is 7.73. The molecule has 0 aliphatic rings. The molecule has 110 valence electrons. The molecule has 0 saturated carbocycles. The summed E-state index contributed by atoms with van der Waals surface area (Å²) >= 11 is 8.61. The van der Waals surface area contributed by atoms with Crippen LogP contribution in [0.2, 0.25) is 0 Å². The predicted molar refractivity (Wildman–Crippen MR) is 95.7 cm³/mol. The molecule has 2 aromatic rings. The number of rotatable bonds is 4. The molecule has 0 spiro atoms. The Morgan fingerprint density at radius 1 is 1.00 bits per heavy atom. The Labute approximate surface area is 139 Å². The zero-order valence-corrected chi connectivity index (χ0v) is 14.6. The van der Waals surface area contributed by atoms with Crippen LogP contribution in [0, 0.1) is 0 Å². The Morgan fingerprint density at radius 3 is 2.29 bits per heavy atom. The third-order valence-corrected chi connectivity index (χ3v) is 4.84. The number of hydrogen-bond donors (Lipinski definition) is 0. The van der Waals surface area contributed by atoms with Crippen LogP contribution in [-0.2, 0) is 0 Å². The molecule has 0 amide bonds. The lowest BCUT2D eigenvalue weighted by Gasteiger charge is -2.14. The first-order valence-corrected chi connectivity index (χ1v) is 8.84. The fourth-order valence-electron chi connectivity index (χ4n) is 1.57. The maximum Gasteiger partial charge on any atom is 0.264 e. The van der Waals surface area contributed by atoms with Crippen LogP contribution in [0.5, 0.6) is 5.75 Å². The number of nitrogens with zero attached hydrogens (tertiary/aromatic N) is 1. The highest BCUT2D eigenvalue weighted by Crippen LogP contribution is 2.31. The zero-order chi connectivity index (χ0) is 15.2. The van der Waals surface area contributed by atoms with E-state index in [0.29, 0.717) is 5.17 Å². The summed E-state index contributed by atoms with van der Waals surface area (Å²) in [5, 5.41) is 0.461. The Kier molecular flexibility index (Phi) is 5.96. The molecule has 0 heterocycles. The van der Waals surface area contributed by atoms with Crippen LogP contribution in [-0.4, -0.2) is 30.4 Å². The van der Waals surface area contributed by atoms with E-state index in [2.05, 4.69) is 30.5 Å². The normalized spacial score (nSPS) is 10.2. The van der Waals surface area contributed by atoms with Crippen LogP contribution in [0.25, 0.3) is 0 Å². The summed E-state index contributed by atoms with van der Waals surface area (Å²) < 4.78 is 5.56. The average molecular weight is 336 g/mol. The third kappa shape index (κ3) is 4.95. The van der Waals surface area contributed by atoms with E-state index in [0.717, 1.165) is 5.75 Å². The van der Waals surface area contributed by atoms with Gasteiger partial charge < -0.3 is 9.64 Å². The van der Waals surface area contributed by atoms with Crippen LogP contribution in [0.4, 0.5) is 0 Å². The second-order valence-corrected chi connectivity index (χ2v) is 6.89. The fourth-order valence-corrected chi connectivity index (χ4v) is 3.08. The topological polar surface area (TPSA) is 12.5 Å². The van der Waals surface area contributed by atoms with E-state index in [-0.39, 0.29) is 0 Å². The average Bonchev–Trinajstić information content (AvgIpc) is 2.49. The summed E-state index contributed by atoms with van der Waals surface area (Å²) in [4.78, 5) is 5.46. The van der Waals surface area contributed by atoms with Gasteiger partial charge in [-0.15, -0.1) is 11.8 Å². The van der Waals surface area contributed by atoms with Gasteiger partial charge in [0.05, 0.1) is 0 Å². The van der Waals surface area contributed by atoms with E-state index in [1.807, 2.05) is 38.4 Å². The van der Waals surface area contributed by atoms with Crippen molar-refractivity contribution in [2.24, 2.45) is 0 Å². The molecule has 0 fully saturated rings. The van der Waals surface area contributed by atoms with Crippen molar-refractivity contribution in [1.82, 2.24) is 4.90 Å². The van der Waals surface area contributed by atoms with Crippen molar-refractivity contribution in [3.8, 4) is 5.75 Å². The van der Waals surface area contributed by atoms with Gasteiger partial charge in [0.25, 0.3) is 5.17 Å². The third-order valence-electron chi connectivity index (χ3n) is 2.67. The van der Waals surface area contributed by atoms with Crippen molar-refractivity contribution in [2.75, 3.05) is 20.4 Å². The summed E-state index contributed by atoms with van der Waals surface area (Å²) in [6, 6.07) is 16.5. The highest BCUT2D eigenvalue weighted by atomic mass is 32.2. The summed E-state index contributed by atoms with van der Waals surface area (Å²) in [6.07, 6.45) is 2.09. The Hall–Kier alpha value is -1.17. The van der Waals surface area contributed by atoms with E-state index in [9.17, 15) is 0 Å². The monoisotopic (exact) mass is 335 g/mol. The second-order valence-electron chi connectivity index (χ2n) is 4.51. The van der Waals surface area contributed by atoms with Crippen LogP contribution in [0.1, 0.15) is 0 Å². The van der Waals surface area contributed by atoms with E-state index < -0.39 is 0 Å². The van der Waals surface area contributed by atoms with E-state index in [1.54, 1.807) is 28.4 Å². The molecule has 0 saturated heterocycles. The van der Waals surface area contributed by atoms with Gasteiger partial charge in [0, 0.05) is 28.8 Å². The fraction of sp³-hybridized carbons (Fsp3) is 0.188. The lowest BCUT2D eigenvalue weighted by atomic mass is 10.3. The molecule has 0 atom stereocenters. The molecule has 0 N–H and O–H groups in total. The van der Waals surface area contributed by atoms with Gasteiger partial charge in [0.2, 0.25) is 0 Å². The highest BCUT2D eigenvalue weighted by Gasteiger charge is 2.03. The summed E-state index contributed by atoms with van der Waals surface area (Å²) in [7, 11) is 3.73. The lowest BCUT2D eigenvalue weighted by Crippen LogP contribution is -2.24. The van der Waals surface area contributed by atoms with Gasteiger partial charge in [-0.1, -0.05) is 17.8 Å². The smallest absolute Gasteiger partial charge is 0.264 e. The predicted octanol–water partition coefficient (Wildman–Crippen LogP) is 4.79. The molecule has 0 aliphatic heterocycles. The number of thioether (sulfide) groups is 1. The number of thiocarbonyl (C=S) groups is 1. The standard InChI is InChI=1S/C16H17NOS3/c1-17(2)16(19)18-12-7-9-13(10-8-12)21-15-6-4-5-14(11-15)20-3/h4-11H,1-3H3. The SMILES string of the molecule is CSc1cccc(Sc2ccc(OC(=S)N(C)C)cc2)c1. The summed E-state index contributed by atoms with van der Waals surface area (Å²) in [6.45, 7) is 0. The highest BCUT2D eigenvalue weighted by molar-refractivity contribution is 7.99. The van der Waals surface area contributed by atoms with Gasteiger partial charge in [0.15, 0.2) is 0 Å². The minimum Gasteiger partial charge on any atom is -0.432 e. The van der Waals surface area contributed by atoms with Crippen molar-refractivity contribution in [2.45, 2.75) is 14.7 Å². The van der Waals surface area contributed by atoms with Gasteiger partial charge in [-0.3, -0.25) is 0 Å². The van der Waals surface area contributed by atoms with Crippen molar-refractivity contribution < 1.29 is 4.74 Å². The molecule has 0 radical (unpaired) electrons. The molecule has 2 nitrogen and oxygen atoms in total. The number of benzene rings is 2. The number of hydrogen-bond acceptors (Lipinski definition) is 4. The Bertz CT molecular complexity index is 611. The molecular weight excluding hydrogens is 318 g/mol. The zero-order valence-electron chi connectivity index (χ0n) is 12.2. The van der Waals surface area contributed by atoms with Crippen LogP contribution in [0.3, 0.4) is 0 Å². The van der Waals surface area contributed by atoms with Crippen molar-refractivity contribution in [3.63, 3.8) is 0 Å². The summed E-state index contributed by atoms with van der Waals surface area (Å²) in [5.74, 6) is 0.760. The van der Waals surface area contributed by atoms with Crippen LogP contribution < -0.4 is 4.74 Å². The molecule has 21 heavy (non-hydrogen) atoms. The maximum absolute atomic E-state index is 5.56. The maximum atomic E-state index is 5.56. The Morgan fingerprint density at radius 2 is 1.67 bits per heavy atom. The molecule has 0 aliphatic carbocycles. The molecular formula is C16H17NOS3. The van der Waals surface area contributed by atoms with E-state index in [4.69, 9.17) is 17.0 Å². The van der Waals surface area contributed by atoms with Gasteiger partial charge in [-0.25, -0.2) is 0 Å². The number of ether oxygens (including phenoxy) is 1. The first-order valence-electron chi connectivity index (χ1n) is 6.39. The minimum absolute atomic E-state index is 0.461. The molecule has 5 heteroatoms. The molecule has 2 aromatic carbocycles. The Balaban J connectivity index is 2.03. The first-order chi connectivity index (χ1) is 10.1. The minimum atomic E-state index is 0.461. The van der Waals surface area contributed by atoms with Gasteiger partial charge in [-0.05, 0) is 60.9 Å². The van der Waals surface area contributed by atoms with Crippen molar-refractivity contribution in [3.05, 3.63) is 48.5 Å². The van der Waals surface area contributed by atoms with Crippen molar-refractivity contribution >= 4 is 40.9 Å². The molecule has 0 aromatic heterocycles. The lowest BCUT2D eigenvalue weighted by molar-refractivity contribution is 0.449. The van der Waals surface area contributed by atoms with Crippen molar-refractivity contribution in [1.29, 1.82) is 0 Å². The van der Waals surface area contributed by atoms with Gasteiger partial charge >= 0.3 is 0 Å². The first kappa shape index (κ1) is 16.2. The van der Waals surface area contributed by atoms with Crippen LogP contribution >= 0.6 is 35.7 Å². The van der Waals surface area contributed by atoms with E-state index in [1.165, 1.54) is 14.7 Å². The van der Waals surface area contributed by atoms with Crippen LogP contribution in [0.15, 0.2) is 63.2 Å².